The molecule has 1 N–H and O–H groups in total. The zero-order chi connectivity index (χ0) is 15.1. The molecule has 0 bridgehead atoms. The molecule has 0 aliphatic carbocycles. The number of carboxylic acid groups (broad SMARTS) is 1. The van der Waals surface area contributed by atoms with E-state index in [-0.39, 0.29) is 11.4 Å². The van der Waals surface area contributed by atoms with E-state index in [4.69, 9.17) is 0 Å². The summed E-state index contributed by atoms with van der Waals surface area (Å²) in [5.41, 5.74) is 1.99. The van der Waals surface area contributed by atoms with Crippen LogP contribution in [0, 0.1) is 13.8 Å². The molecule has 1 aromatic rings. The summed E-state index contributed by atoms with van der Waals surface area (Å²) in [5, 5.41) is 9.24. The molecule has 0 aromatic heterocycles. The Labute approximate surface area is 118 Å². The third-order valence-corrected chi connectivity index (χ3v) is 5.45. The predicted molar refractivity (Wildman–Crippen MR) is 75.0 cm³/mol. The summed E-state index contributed by atoms with van der Waals surface area (Å²) in [4.78, 5) is 11.5. The quantitative estimate of drug-likeness (QED) is 0.861. The number of sulfonamides is 1. The van der Waals surface area contributed by atoms with Crippen LogP contribution in [-0.4, -0.2) is 36.4 Å². The minimum Gasteiger partial charge on any atom is -0.480 e. The molecule has 5 nitrogen and oxygen atoms in total. The smallest absolute Gasteiger partial charge is 0.326 e. The third-order valence-electron chi connectivity index (χ3n) is 3.48. The van der Waals surface area contributed by atoms with Crippen LogP contribution in [0.1, 0.15) is 18.1 Å². The molecule has 1 aliphatic rings. The summed E-state index contributed by atoms with van der Waals surface area (Å²) >= 11 is 0. The highest BCUT2D eigenvalue weighted by Gasteiger charge is 2.40. The second-order valence-corrected chi connectivity index (χ2v) is 6.89. The average Bonchev–Trinajstić information content (AvgIpc) is 2.75. The molecule has 0 fully saturated rings. The highest BCUT2D eigenvalue weighted by atomic mass is 32.2. The van der Waals surface area contributed by atoms with Crippen molar-refractivity contribution in [1.29, 1.82) is 0 Å². The van der Waals surface area contributed by atoms with E-state index in [9.17, 15) is 18.3 Å². The average molecular weight is 295 g/mol. The molecule has 1 heterocycles. The van der Waals surface area contributed by atoms with Crippen LogP contribution in [0.3, 0.4) is 0 Å². The molecule has 0 radical (unpaired) electrons. The van der Waals surface area contributed by atoms with Crippen LogP contribution in [-0.2, 0) is 14.8 Å². The monoisotopic (exact) mass is 295 g/mol. The fraction of sp³-hybridized carbons (Fsp3) is 0.357. The first kappa shape index (κ1) is 14.7. The van der Waals surface area contributed by atoms with Gasteiger partial charge in [-0.3, -0.25) is 4.79 Å². The van der Waals surface area contributed by atoms with E-state index in [1.807, 2.05) is 6.07 Å². The Bertz CT molecular complexity index is 691. The Balaban J connectivity index is 2.51. The lowest BCUT2D eigenvalue weighted by molar-refractivity contribution is -0.139. The Morgan fingerprint density at radius 1 is 1.30 bits per heavy atom. The lowest BCUT2D eigenvalue weighted by Crippen LogP contribution is -2.42. The van der Waals surface area contributed by atoms with Crippen molar-refractivity contribution in [1.82, 2.24) is 4.31 Å². The topological polar surface area (TPSA) is 74.7 Å². The summed E-state index contributed by atoms with van der Waals surface area (Å²) in [5.74, 6) is -1.15. The Morgan fingerprint density at radius 3 is 2.55 bits per heavy atom. The van der Waals surface area contributed by atoms with E-state index in [1.165, 1.54) is 0 Å². The summed E-state index contributed by atoms with van der Waals surface area (Å²) in [6, 6.07) is 4.03. The number of nitrogens with zero attached hydrogens (tertiary/aromatic N) is 1. The number of hydrogen-bond acceptors (Lipinski definition) is 3. The number of carboxylic acids is 1. The largest absolute Gasteiger partial charge is 0.480 e. The van der Waals surface area contributed by atoms with Crippen LogP contribution < -0.4 is 0 Å². The van der Waals surface area contributed by atoms with Gasteiger partial charge in [0.25, 0.3) is 0 Å². The maximum absolute atomic E-state index is 12.7. The zero-order valence-electron chi connectivity index (χ0n) is 11.6. The molecule has 0 saturated carbocycles. The first-order valence-electron chi connectivity index (χ1n) is 6.23. The zero-order valence-corrected chi connectivity index (χ0v) is 12.4. The molecule has 1 unspecified atom stereocenters. The first-order chi connectivity index (χ1) is 9.25. The van der Waals surface area contributed by atoms with Crippen molar-refractivity contribution in [3.05, 3.63) is 41.0 Å². The van der Waals surface area contributed by atoms with Gasteiger partial charge in [-0.25, -0.2) is 8.42 Å². The fourth-order valence-electron chi connectivity index (χ4n) is 2.34. The molecule has 0 amide bonds. The number of hydrogen-bond donors (Lipinski definition) is 1. The van der Waals surface area contributed by atoms with Crippen molar-refractivity contribution in [2.75, 3.05) is 6.54 Å². The number of rotatable bonds is 3. The minimum atomic E-state index is -3.82. The van der Waals surface area contributed by atoms with Gasteiger partial charge in [0, 0.05) is 6.54 Å². The third kappa shape index (κ3) is 2.36. The maximum Gasteiger partial charge on any atom is 0.326 e. The van der Waals surface area contributed by atoms with Gasteiger partial charge in [-0.15, -0.1) is 0 Å². The second kappa shape index (κ2) is 5.03. The van der Waals surface area contributed by atoms with Gasteiger partial charge in [0.05, 0.1) is 4.90 Å². The predicted octanol–water partition coefficient (Wildman–Crippen LogP) is 1.71. The van der Waals surface area contributed by atoms with Gasteiger partial charge in [-0.05, 0) is 43.5 Å². The van der Waals surface area contributed by atoms with Crippen LogP contribution in [0.25, 0.3) is 0 Å². The molecule has 108 valence electrons. The number of aryl methyl sites for hydroxylation is 2. The molecule has 0 spiro atoms. The van der Waals surface area contributed by atoms with Gasteiger partial charge in [0.15, 0.2) is 0 Å². The normalized spacial score (nSPS) is 19.9. The molecule has 20 heavy (non-hydrogen) atoms. The summed E-state index contributed by atoms with van der Waals surface area (Å²) in [7, 11) is -3.82. The van der Waals surface area contributed by atoms with Crippen molar-refractivity contribution < 1.29 is 18.3 Å². The van der Waals surface area contributed by atoms with Crippen molar-refractivity contribution >= 4 is 16.0 Å². The summed E-state index contributed by atoms with van der Waals surface area (Å²) in [6.45, 7) is 5.25. The number of benzene rings is 1. The Hall–Kier alpha value is -1.66. The van der Waals surface area contributed by atoms with Gasteiger partial charge in [0.2, 0.25) is 10.0 Å². The summed E-state index contributed by atoms with van der Waals surface area (Å²) in [6.07, 6.45) is 1.64. The van der Waals surface area contributed by atoms with Crippen LogP contribution in [0.15, 0.2) is 34.7 Å². The highest BCUT2D eigenvalue weighted by molar-refractivity contribution is 7.89. The van der Waals surface area contributed by atoms with Gasteiger partial charge in [0.1, 0.15) is 6.04 Å². The molecule has 1 aliphatic heterocycles. The first-order valence-corrected chi connectivity index (χ1v) is 7.67. The molecular formula is C14H17NO4S. The second-order valence-electron chi connectivity index (χ2n) is 5.03. The van der Waals surface area contributed by atoms with Crippen LogP contribution in [0.4, 0.5) is 0 Å². The van der Waals surface area contributed by atoms with Crippen LogP contribution in [0.5, 0.6) is 0 Å². The van der Waals surface area contributed by atoms with E-state index < -0.39 is 22.0 Å². The van der Waals surface area contributed by atoms with E-state index in [0.717, 1.165) is 9.87 Å². The van der Waals surface area contributed by atoms with Gasteiger partial charge < -0.3 is 5.11 Å². The Morgan fingerprint density at radius 2 is 1.95 bits per heavy atom. The van der Waals surface area contributed by atoms with Gasteiger partial charge in [-0.1, -0.05) is 18.2 Å². The number of carbonyl (C=O) groups is 1. The van der Waals surface area contributed by atoms with Crippen LogP contribution >= 0.6 is 0 Å². The van der Waals surface area contributed by atoms with Crippen molar-refractivity contribution in [3.8, 4) is 0 Å². The fourth-order valence-corrected chi connectivity index (χ4v) is 4.21. The van der Waals surface area contributed by atoms with E-state index in [1.54, 1.807) is 39.0 Å². The maximum atomic E-state index is 12.7. The standard InChI is InChI=1S/C14H17NO4S/c1-9-4-5-10(2)12(8-9)20(18,19)15-7-6-11(3)13(15)14(16)17/h4-6,8,13H,7H2,1-3H3,(H,16,17). The molecule has 1 aromatic carbocycles. The Kier molecular flexibility index (Phi) is 3.71. The minimum absolute atomic E-state index is 0.0957. The van der Waals surface area contributed by atoms with Gasteiger partial charge in [-0.2, -0.15) is 4.31 Å². The highest BCUT2D eigenvalue weighted by Crippen LogP contribution is 2.28. The van der Waals surface area contributed by atoms with E-state index in [2.05, 4.69) is 0 Å². The molecule has 1 atom stereocenters. The van der Waals surface area contributed by atoms with E-state index in [0.29, 0.717) is 11.1 Å². The summed E-state index contributed by atoms with van der Waals surface area (Å²) < 4.78 is 26.4. The van der Waals surface area contributed by atoms with Crippen LogP contribution in [0.2, 0.25) is 0 Å². The SMILES string of the molecule is CC1=CCN(S(=O)(=O)c2cc(C)ccc2C)C1C(=O)O. The van der Waals surface area contributed by atoms with Crippen molar-refractivity contribution in [2.24, 2.45) is 0 Å². The molecule has 6 heteroatoms. The number of aliphatic carboxylic acids is 1. The van der Waals surface area contributed by atoms with Crippen molar-refractivity contribution in [3.63, 3.8) is 0 Å². The van der Waals surface area contributed by atoms with Gasteiger partial charge >= 0.3 is 5.97 Å². The van der Waals surface area contributed by atoms with Crippen molar-refractivity contribution in [2.45, 2.75) is 31.7 Å². The van der Waals surface area contributed by atoms with E-state index >= 15 is 0 Å². The molecule has 0 saturated heterocycles. The molecule has 2 rings (SSSR count). The molecular weight excluding hydrogens is 278 g/mol. The lowest BCUT2D eigenvalue weighted by atomic mass is 10.2. The lowest BCUT2D eigenvalue weighted by Gasteiger charge is -2.23.